The Morgan fingerprint density at radius 2 is 1.93 bits per heavy atom. The molecule has 29 heavy (non-hydrogen) atoms. The second-order valence-electron chi connectivity index (χ2n) is 6.16. The maximum Gasteiger partial charge on any atom is 0.416 e. The van der Waals surface area contributed by atoms with E-state index in [0.717, 1.165) is 21.0 Å². The van der Waals surface area contributed by atoms with Gasteiger partial charge in [0.15, 0.2) is 5.69 Å². The Hall–Kier alpha value is -2.53. The Balaban J connectivity index is 2.10. The first kappa shape index (κ1) is 21.2. The number of methoxy groups -OCH3 is 1. The number of carboxylic acids is 1. The zero-order valence-electron chi connectivity index (χ0n) is 15.5. The number of hydrogen-bond donors (Lipinski definition) is 1. The van der Waals surface area contributed by atoms with Crippen molar-refractivity contribution in [2.45, 2.75) is 29.5 Å². The van der Waals surface area contributed by atoms with Crippen LogP contribution in [0.4, 0.5) is 13.2 Å². The molecule has 0 bridgehead atoms. The first-order chi connectivity index (χ1) is 13.6. The van der Waals surface area contributed by atoms with Crippen molar-refractivity contribution in [1.29, 1.82) is 0 Å². The Labute approximate surface area is 172 Å². The molecule has 0 amide bonds. The first-order valence-corrected chi connectivity index (χ1v) is 10.0. The summed E-state index contributed by atoms with van der Waals surface area (Å²) in [4.78, 5) is 16.0. The van der Waals surface area contributed by atoms with Crippen LogP contribution in [0.5, 0.6) is 5.88 Å². The van der Waals surface area contributed by atoms with E-state index in [0.29, 0.717) is 11.3 Å². The van der Waals surface area contributed by atoms with Gasteiger partial charge in [0.1, 0.15) is 0 Å². The third-order valence-corrected chi connectivity index (χ3v) is 5.95. The van der Waals surface area contributed by atoms with Crippen molar-refractivity contribution in [3.05, 3.63) is 41.6 Å². The van der Waals surface area contributed by atoms with Gasteiger partial charge >= 0.3 is 12.1 Å². The number of alkyl halides is 3. The quantitative estimate of drug-likeness (QED) is 0.526. The highest BCUT2D eigenvalue weighted by molar-refractivity contribution is 8.01. The van der Waals surface area contributed by atoms with Gasteiger partial charge in [-0.3, -0.25) is 0 Å². The van der Waals surface area contributed by atoms with E-state index in [9.17, 15) is 23.1 Å². The SMILES string of the molecule is COc1cc(C(=O)O)n(-c2nc(-c3ccc(C(F)(F)F)cc3)c(SC(C)C)s2)n1. The van der Waals surface area contributed by atoms with Crippen molar-refractivity contribution in [3.63, 3.8) is 0 Å². The summed E-state index contributed by atoms with van der Waals surface area (Å²) in [6.45, 7) is 3.94. The predicted octanol–water partition coefficient (Wildman–Crippen LogP) is 5.22. The Kier molecular flexibility index (Phi) is 5.90. The van der Waals surface area contributed by atoms with Gasteiger partial charge in [-0.1, -0.05) is 37.3 Å². The van der Waals surface area contributed by atoms with Crippen molar-refractivity contribution < 1.29 is 27.8 Å². The average Bonchev–Trinajstić information content (AvgIpc) is 3.24. The highest BCUT2D eigenvalue weighted by atomic mass is 32.2. The van der Waals surface area contributed by atoms with Crippen LogP contribution in [0.3, 0.4) is 0 Å². The number of carboxylic acid groups (broad SMARTS) is 1. The van der Waals surface area contributed by atoms with E-state index in [1.54, 1.807) is 0 Å². The molecule has 0 aliphatic rings. The fourth-order valence-electron chi connectivity index (χ4n) is 2.44. The van der Waals surface area contributed by atoms with Gasteiger partial charge in [0, 0.05) is 16.9 Å². The predicted molar refractivity (Wildman–Crippen MR) is 104 cm³/mol. The number of ether oxygens (including phenoxy) is 1. The van der Waals surface area contributed by atoms with Crippen molar-refractivity contribution in [3.8, 4) is 22.3 Å². The first-order valence-electron chi connectivity index (χ1n) is 8.33. The lowest BCUT2D eigenvalue weighted by molar-refractivity contribution is -0.137. The molecule has 1 aromatic carbocycles. The normalized spacial score (nSPS) is 11.8. The Bertz CT molecular complexity index is 1030. The van der Waals surface area contributed by atoms with Gasteiger partial charge in [0.05, 0.1) is 22.6 Å². The number of benzene rings is 1. The molecule has 2 heterocycles. The number of thiazole rings is 1. The van der Waals surface area contributed by atoms with E-state index >= 15 is 0 Å². The third-order valence-electron chi connectivity index (χ3n) is 3.71. The zero-order valence-corrected chi connectivity index (χ0v) is 17.2. The molecule has 0 saturated carbocycles. The lowest BCUT2D eigenvalue weighted by Crippen LogP contribution is -2.07. The minimum Gasteiger partial charge on any atom is -0.480 e. The molecular weight excluding hydrogens is 427 g/mol. The lowest BCUT2D eigenvalue weighted by atomic mass is 10.1. The number of hydrogen-bond acceptors (Lipinski definition) is 6. The summed E-state index contributed by atoms with van der Waals surface area (Å²) < 4.78 is 45.5. The number of aromatic carboxylic acids is 1. The molecule has 0 aliphatic carbocycles. The topological polar surface area (TPSA) is 77.2 Å². The summed E-state index contributed by atoms with van der Waals surface area (Å²) in [6, 6.07) is 5.98. The molecule has 0 aliphatic heterocycles. The number of nitrogens with zero attached hydrogens (tertiary/aromatic N) is 3. The van der Waals surface area contributed by atoms with Crippen LogP contribution in [0.25, 0.3) is 16.4 Å². The number of aromatic nitrogens is 3. The zero-order chi connectivity index (χ0) is 21.3. The molecule has 0 atom stereocenters. The van der Waals surface area contributed by atoms with Crippen molar-refractivity contribution in [2.75, 3.05) is 7.11 Å². The highest BCUT2D eigenvalue weighted by Crippen LogP contribution is 2.40. The maximum absolute atomic E-state index is 12.9. The molecule has 0 fully saturated rings. The van der Waals surface area contributed by atoms with Crippen LogP contribution >= 0.6 is 23.1 Å². The molecule has 3 rings (SSSR count). The van der Waals surface area contributed by atoms with Gasteiger partial charge in [-0.25, -0.2) is 9.78 Å². The van der Waals surface area contributed by atoms with Crippen LogP contribution in [-0.4, -0.2) is 38.2 Å². The van der Waals surface area contributed by atoms with E-state index < -0.39 is 17.7 Å². The fourth-order valence-corrected chi connectivity index (χ4v) is 4.92. The molecule has 11 heteroatoms. The third kappa shape index (κ3) is 4.56. The van der Waals surface area contributed by atoms with Gasteiger partial charge in [-0.2, -0.15) is 17.9 Å². The van der Waals surface area contributed by atoms with E-state index in [4.69, 9.17) is 4.74 Å². The van der Waals surface area contributed by atoms with Gasteiger partial charge < -0.3 is 9.84 Å². The maximum atomic E-state index is 12.9. The molecular formula is C18H16F3N3O3S2. The standard InChI is InChI=1S/C18H16F3N3O3S2/c1-9(2)28-16-14(10-4-6-11(7-5-10)18(19,20)21)22-17(29-16)24-12(15(25)26)8-13(23-24)27-3/h4-9H,1-3H3,(H,25,26). The number of carbonyl (C=O) groups is 1. The van der Waals surface area contributed by atoms with Gasteiger partial charge in [0.25, 0.3) is 0 Å². The number of halogens is 3. The summed E-state index contributed by atoms with van der Waals surface area (Å²) in [5.74, 6) is -1.09. The molecule has 3 aromatic rings. The summed E-state index contributed by atoms with van der Waals surface area (Å²) in [6.07, 6.45) is -4.43. The minimum atomic E-state index is -4.43. The van der Waals surface area contributed by atoms with Crippen molar-refractivity contribution in [2.24, 2.45) is 0 Å². The Morgan fingerprint density at radius 1 is 1.28 bits per heavy atom. The summed E-state index contributed by atoms with van der Waals surface area (Å²) in [5.41, 5.74) is 0.0956. The number of rotatable bonds is 6. The summed E-state index contributed by atoms with van der Waals surface area (Å²) in [5, 5.41) is 14.0. The van der Waals surface area contributed by atoms with Gasteiger partial charge in [-0.15, -0.1) is 16.9 Å². The molecule has 1 N–H and O–H groups in total. The lowest BCUT2D eigenvalue weighted by Gasteiger charge is -2.08. The van der Waals surface area contributed by atoms with E-state index in [-0.39, 0.29) is 22.0 Å². The van der Waals surface area contributed by atoms with E-state index in [1.165, 1.54) is 48.4 Å². The Morgan fingerprint density at radius 3 is 2.45 bits per heavy atom. The molecule has 0 unspecified atom stereocenters. The molecule has 0 radical (unpaired) electrons. The van der Waals surface area contributed by atoms with Crippen LogP contribution in [0.1, 0.15) is 29.9 Å². The van der Waals surface area contributed by atoms with Crippen LogP contribution in [0.2, 0.25) is 0 Å². The van der Waals surface area contributed by atoms with Crippen LogP contribution in [0.15, 0.2) is 34.5 Å². The summed E-state index contributed by atoms with van der Waals surface area (Å²) in [7, 11) is 1.37. The summed E-state index contributed by atoms with van der Waals surface area (Å²) >= 11 is 2.70. The van der Waals surface area contributed by atoms with Gasteiger partial charge in [0.2, 0.25) is 11.0 Å². The second-order valence-corrected chi connectivity index (χ2v) is 8.99. The molecule has 6 nitrogen and oxygen atoms in total. The minimum absolute atomic E-state index is 0.117. The van der Waals surface area contributed by atoms with Crippen LogP contribution in [-0.2, 0) is 6.18 Å². The van der Waals surface area contributed by atoms with Crippen LogP contribution < -0.4 is 4.74 Å². The van der Waals surface area contributed by atoms with Crippen LogP contribution in [0, 0.1) is 0 Å². The molecule has 0 saturated heterocycles. The molecule has 2 aromatic heterocycles. The second kappa shape index (κ2) is 8.07. The average molecular weight is 443 g/mol. The fraction of sp³-hybridized carbons (Fsp3) is 0.278. The largest absolute Gasteiger partial charge is 0.480 e. The monoisotopic (exact) mass is 443 g/mol. The number of thioether (sulfide) groups is 1. The smallest absolute Gasteiger partial charge is 0.416 e. The molecule has 154 valence electrons. The van der Waals surface area contributed by atoms with E-state index in [2.05, 4.69) is 10.1 Å². The van der Waals surface area contributed by atoms with Crippen molar-refractivity contribution >= 4 is 29.1 Å². The van der Waals surface area contributed by atoms with Gasteiger partial charge in [-0.05, 0) is 12.1 Å². The highest BCUT2D eigenvalue weighted by Gasteiger charge is 2.30. The van der Waals surface area contributed by atoms with Crippen molar-refractivity contribution in [1.82, 2.24) is 14.8 Å². The van der Waals surface area contributed by atoms with E-state index in [1.807, 2.05) is 13.8 Å². The molecule has 0 spiro atoms.